The van der Waals surface area contributed by atoms with Gasteiger partial charge >= 0.3 is 0 Å². The molecule has 0 N–H and O–H groups in total. The van der Waals surface area contributed by atoms with Gasteiger partial charge in [-0.15, -0.1) is 5.10 Å². The SMILES string of the molecule is Cn1cc(-c2ccc3cnc(CC(=O)c4ccccc4F)cc3n2)nn1. The van der Waals surface area contributed by atoms with Crippen LogP contribution in [0, 0.1) is 5.82 Å². The summed E-state index contributed by atoms with van der Waals surface area (Å²) < 4.78 is 15.4. The van der Waals surface area contributed by atoms with E-state index in [4.69, 9.17) is 0 Å². The molecule has 0 aliphatic carbocycles. The van der Waals surface area contributed by atoms with E-state index < -0.39 is 5.82 Å². The predicted octanol–water partition coefficient (Wildman–Crippen LogP) is 2.99. The van der Waals surface area contributed by atoms with Crippen molar-refractivity contribution in [2.45, 2.75) is 6.42 Å². The number of benzene rings is 1. The number of nitrogens with zero attached hydrogens (tertiary/aromatic N) is 5. The molecule has 0 spiro atoms. The van der Waals surface area contributed by atoms with E-state index in [9.17, 15) is 9.18 Å². The maximum atomic E-state index is 13.8. The van der Waals surface area contributed by atoms with Crippen LogP contribution in [0.3, 0.4) is 0 Å². The minimum atomic E-state index is -0.527. The quantitative estimate of drug-likeness (QED) is 0.531. The van der Waals surface area contributed by atoms with Gasteiger partial charge in [-0.3, -0.25) is 14.5 Å². The highest BCUT2D eigenvalue weighted by molar-refractivity contribution is 5.97. The second kappa shape index (κ2) is 6.44. The zero-order chi connectivity index (χ0) is 18.1. The lowest BCUT2D eigenvalue weighted by atomic mass is 10.1. The summed E-state index contributed by atoms with van der Waals surface area (Å²) in [7, 11) is 1.79. The number of fused-ring (bicyclic) bond motifs is 1. The highest BCUT2D eigenvalue weighted by atomic mass is 19.1. The van der Waals surface area contributed by atoms with Crippen LogP contribution in [-0.4, -0.2) is 30.7 Å². The second-order valence-electron chi connectivity index (χ2n) is 5.92. The standard InChI is InChI=1S/C19H14FN5O/c1-25-11-18(23-24-25)16-7-6-12-10-21-13(8-17(12)22-16)9-19(26)14-4-2-3-5-15(14)20/h2-8,10-11H,9H2,1H3. The molecule has 0 unspecified atom stereocenters. The Kier molecular flexibility index (Phi) is 3.96. The monoisotopic (exact) mass is 347 g/mol. The Bertz CT molecular complexity index is 1120. The highest BCUT2D eigenvalue weighted by Gasteiger charge is 2.13. The Hall–Kier alpha value is -3.48. The molecule has 0 saturated carbocycles. The van der Waals surface area contributed by atoms with Gasteiger partial charge in [-0.05, 0) is 30.3 Å². The first-order chi connectivity index (χ1) is 12.6. The van der Waals surface area contributed by atoms with Crippen LogP contribution in [0.5, 0.6) is 0 Å². The Balaban J connectivity index is 1.66. The molecule has 26 heavy (non-hydrogen) atoms. The van der Waals surface area contributed by atoms with Crippen molar-refractivity contribution in [3.8, 4) is 11.4 Å². The van der Waals surface area contributed by atoms with Crippen molar-refractivity contribution < 1.29 is 9.18 Å². The molecule has 1 aromatic carbocycles. The third kappa shape index (κ3) is 3.06. The third-order valence-corrected chi connectivity index (χ3v) is 4.01. The van der Waals surface area contributed by atoms with Crippen LogP contribution in [0.4, 0.5) is 4.39 Å². The maximum absolute atomic E-state index is 13.8. The van der Waals surface area contributed by atoms with Gasteiger partial charge in [0.25, 0.3) is 0 Å². The fourth-order valence-corrected chi connectivity index (χ4v) is 2.71. The van der Waals surface area contributed by atoms with E-state index in [1.807, 2.05) is 12.1 Å². The number of pyridine rings is 2. The summed E-state index contributed by atoms with van der Waals surface area (Å²) in [4.78, 5) is 21.2. The van der Waals surface area contributed by atoms with Crippen molar-refractivity contribution in [3.63, 3.8) is 0 Å². The molecule has 6 nitrogen and oxygen atoms in total. The lowest BCUT2D eigenvalue weighted by Crippen LogP contribution is -2.07. The van der Waals surface area contributed by atoms with Crippen molar-refractivity contribution in [2.75, 3.05) is 0 Å². The van der Waals surface area contributed by atoms with Gasteiger partial charge in [0.05, 0.1) is 35.1 Å². The molecule has 0 radical (unpaired) electrons. The zero-order valence-electron chi connectivity index (χ0n) is 13.9. The minimum Gasteiger partial charge on any atom is -0.294 e. The molecule has 128 valence electrons. The molecule has 0 aliphatic rings. The number of hydrogen-bond acceptors (Lipinski definition) is 5. The van der Waals surface area contributed by atoms with Gasteiger partial charge in [-0.25, -0.2) is 9.37 Å². The number of ketones is 1. The number of carbonyl (C=O) groups is 1. The average Bonchev–Trinajstić information content (AvgIpc) is 3.08. The fraction of sp³-hybridized carbons (Fsp3) is 0.105. The van der Waals surface area contributed by atoms with Crippen LogP contribution < -0.4 is 0 Å². The summed E-state index contributed by atoms with van der Waals surface area (Å²) >= 11 is 0. The van der Waals surface area contributed by atoms with Crippen molar-refractivity contribution in [3.05, 3.63) is 71.9 Å². The third-order valence-electron chi connectivity index (χ3n) is 4.01. The average molecular weight is 347 g/mol. The van der Waals surface area contributed by atoms with Gasteiger partial charge in [-0.1, -0.05) is 17.3 Å². The van der Waals surface area contributed by atoms with Crippen LogP contribution in [0.15, 0.2) is 54.9 Å². The first kappa shape index (κ1) is 16.0. The second-order valence-corrected chi connectivity index (χ2v) is 5.92. The van der Waals surface area contributed by atoms with Crippen molar-refractivity contribution in [1.29, 1.82) is 0 Å². The number of hydrogen-bond donors (Lipinski definition) is 0. The van der Waals surface area contributed by atoms with Crippen molar-refractivity contribution in [2.24, 2.45) is 7.05 Å². The molecule has 0 aliphatic heterocycles. The molecule has 0 amide bonds. The molecule has 7 heteroatoms. The molecule has 3 heterocycles. The van der Waals surface area contributed by atoms with E-state index in [1.165, 1.54) is 12.1 Å². The number of carbonyl (C=O) groups excluding carboxylic acids is 1. The Labute approximate surface area is 148 Å². The minimum absolute atomic E-state index is 0.00786. The summed E-state index contributed by atoms with van der Waals surface area (Å²) in [5, 5.41) is 8.81. The first-order valence-electron chi connectivity index (χ1n) is 8.00. The Morgan fingerprint density at radius 2 is 2.00 bits per heavy atom. The predicted molar refractivity (Wildman–Crippen MR) is 94.0 cm³/mol. The fourth-order valence-electron chi connectivity index (χ4n) is 2.71. The molecule has 0 bridgehead atoms. The maximum Gasteiger partial charge on any atom is 0.171 e. The number of halogens is 1. The summed E-state index contributed by atoms with van der Waals surface area (Å²) in [6, 6.07) is 11.4. The summed E-state index contributed by atoms with van der Waals surface area (Å²) in [5.74, 6) is -0.846. The van der Waals surface area contributed by atoms with Gasteiger partial charge in [-0.2, -0.15) is 0 Å². The van der Waals surface area contributed by atoms with E-state index in [0.29, 0.717) is 22.6 Å². The van der Waals surface area contributed by atoms with E-state index in [-0.39, 0.29) is 17.8 Å². The molecule has 3 aromatic heterocycles. The van der Waals surface area contributed by atoms with Crippen LogP contribution >= 0.6 is 0 Å². The van der Waals surface area contributed by atoms with Crippen LogP contribution in [0.1, 0.15) is 16.1 Å². The van der Waals surface area contributed by atoms with E-state index in [2.05, 4.69) is 20.3 Å². The molecule has 4 aromatic rings. The summed E-state index contributed by atoms with van der Waals surface area (Å²) in [6.45, 7) is 0. The van der Waals surface area contributed by atoms with Crippen LogP contribution in [-0.2, 0) is 13.5 Å². The number of aryl methyl sites for hydroxylation is 1. The molecule has 0 saturated heterocycles. The topological polar surface area (TPSA) is 73.6 Å². The molecule has 4 rings (SSSR count). The van der Waals surface area contributed by atoms with Gasteiger partial charge in [0.15, 0.2) is 5.78 Å². The smallest absolute Gasteiger partial charge is 0.171 e. The largest absolute Gasteiger partial charge is 0.294 e. The molecule has 0 atom stereocenters. The Morgan fingerprint density at radius 1 is 1.15 bits per heavy atom. The zero-order valence-corrected chi connectivity index (χ0v) is 13.9. The van der Waals surface area contributed by atoms with Crippen molar-refractivity contribution in [1.82, 2.24) is 25.0 Å². The van der Waals surface area contributed by atoms with Crippen LogP contribution in [0.2, 0.25) is 0 Å². The molecule has 0 fully saturated rings. The van der Waals surface area contributed by atoms with E-state index in [1.54, 1.807) is 42.3 Å². The van der Waals surface area contributed by atoms with Crippen LogP contribution in [0.25, 0.3) is 22.3 Å². The van der Waals surface area contributed by atoms with Gasteiger partial charge in [0.2, 0.25) is 0 Å². The highest BCUT2D eigenvalue weighted by Crippen LogP contribution is 2.20. The number of aromatic nitrogens is 5. The van der Waals surface area contributed by atoms with Gasteiger partial charge < -0.3 is 0 Å². The lowest BCUT2D eigenvalue weighted by Gasteiger charge is -2.05. The van der Waals surface area contributed by atoms with Crippen molar-refractivity contribution >= 4 is 16.7 Å². The first-order valence-corrected chi connectivity index (χ1v) is 8.00. The summed E-state index contributed by atoms with van der Waals surface area (Å²) in [6.07, 6.45) is 3.44. The van der Waals surface area contributed by atoms with E-state index >= 15 is 0 Å². The van der Waals surface area contributed by atoms with Gasteiger partial charge in [0.1, 0.15) is 11.5 Å². The number of rotatable bonds is 4. The number of Topliss-reactive ketones (excluding diaryl/α,β-unsaturated/α-hetero) is 1. The molecular weight excluding hydrogens is 333 g/mol. The Morgan fingerprint density at radius 3 is 2.77 bits per heavy atom. The lowest BCUT2D eigenvalue weighted by molar-refractivity contribution is 0.0988. The molecular formula is C19H14FN5O. The normalized spacial score (nSPS) is 11.0. The van der Waals surface area contributed by atoms with Gasteiger partial charge in [0, 0.05) is 18.6 Å². The summed E-state index contributed by atoms with van der Waals surface area (Å²) in [5.41, 5.74) is 2.64. The van der Waals surface area contributed by atoms with E-state index in [0.717, 1.165) is 5.39 Å².